The Kier molecular flexibility index (Phi) is 6.15. The molecule has 0 aliphatic rings. The van der Waals surface area contributed by atoms with Crippen molar-refractivity contribution >= 4 is 23.5 Å². The predicted octanol–water partition coefficient (Wildman–Crippen LogP) is 2.86. The van der Waals surface area contributed by atoms with Gasteiger partial charge < -0.3 is 5.32 Å². The highest BCUT2D eigenvalue weighted by Gasteiger charge is 1.94. The molecule has 3 heteroatoms. The van der Waals surface area contributed by atoms with Crippen molar-refractivity contribution in [2.45, 2.75) is 11.4 Å². The molecule has 0 saturated carbocycles. The summed E-state index contributed by atoms with van der Waals surface area (Å²) in [7, 11) is 1.97. The van der Waals surface area contributed by atoms with Crippen molar-refractivity contribution in [1.29, 1.82) is 0 Å². The van der Waals surface area contributed by atoms with Gasteiger partial charge in [-0.15, -0.1) is 11.8 Å². The van der Waals surface area contributed by atoms with Gasteiger partial charge in [-0.25, -0.2) is 0 Å². The lowest BCUT2D eigenvalue weighted by atomic mass is 10.2. The molecule has 0 bridgehead atoms. The van der Waals surface area contributed by atoms with Gasteiger partial charge in [0.15, 0.2) is 0 Å². The van der Waals surface area contributed by atoms with E-state index >= 15 is 0 Å². The van der Waals surface area contributed by atoms with E-state index in [9.17, 15) is 0 Å². The summed E-state index contributed by atoms with van der Waals surface area (Å²) in [5.41, 5.74) is 1.35. The number of rotatable bonds is 6. The molecule has 0 heterocycles. The van der Waals surface area contributed by atoms with E-state index in [1.54, 1.807) is 0 Å². The van der Waals surface area contributed by atoms with E-state index in [2.05, 4.69) is 35.8 Å². The molecule has 1 aromatic rings. The second-order valence-electron chi connectivity index (χ2n) is 3.02. The fourth-order valence-electron chi connectivity index (χ4n) is 1.15. The maximum Gasteiger partial charge on any atom is 0.0202 e. The Labute approximate surface area is 95.1 Å². The van der Waals surface area contributed by atoms with Crippen LogP contribution in [-0.4, -0.2) is 24.8 Å². The summed E-state index contributed by atoms with van der Waals surface area (Å²) in [5, 5.41) is 3.15. The standard InChI is InChI=1S/C11H17NS2/c1-12-9-10-3-5-11(6-4-10)14-8-7-13-2/h3-6,12H,7-9H2,1-2H3. The number of benzene rings is 1. The van der Waals surface area contributed by atoms with Gasteiger partial charge in [0.05, 0.1) is 0 Å². The summed E-state index contributed by atoms with van der Waals surface area (Å²) < 4.78 is 0. The van der Waals surface area contributed by atoms with Gasteiger partial charge in [0.1, 0.15) is 0 Å². The maximum atomic E-state index is 3.15. The van der Waals surface area contributed by atoms with Crippen molar-refractivity contribution in [3.8, 4) is 0 Å². The molecular formula is C11H17NS2. The van der Waals surface area contributed by atoms with Crippen LogP contribution < -0.4 is 5.32 Å². The second-order valence-corrected chi connectivity index (χ2v) is 5.17. The topological polar surface area (TPSA) is 12.0 Å². The predicted molar refractivity (Wildman–Crippen MR) is 68.3 cm³/mol. The molecule has 0 amide bonds. The zero-order chi connectivity index (χ0) is 10.2. The minimum Gasteiger partial charge on any atom is -0.316 e. The number of nitrogens with one attached hydrogen (secondary N) is 1. The Morgan fingerprint density at radius 1 is 1.14 bits per heavy atom. The summed E-state index contributed by atoms with van der Waals surface area (Å²) in [5.74, 6) is 2.43. The minimum absolute atomic E-state index is 0.954. The molecule has 1 N–H and O–H groups in total. The number of thioether (sulfide) groups is 2. The average molecular weight is 227 g/mol. The Morgan fingerprint density at radius 2 is 1.86 bits per heavy atom. The van der Waals surface area contributed by atoms with Gasteiger partial charge in [-0.1, -0.05) is 12.1 Å². The quantitative estimate of drug-likeness (QED) is 0.593. The Bertz CT molecular complexity index is 246. The first-order valence-electron chi connectivity index (χ1n) is 4.72. The Morgan fingerprint density at radius 3 is 2.43 bits per heavy atom. The van der Waals surface area contributed by atoms with Crippen molar-refractivity contribution in [2.24, 2.45) is 0 Å². The summed E-state index contributed by atoms with van der Waals surface area (Å²) in [6.07, 6.45) is 2.15. The molecular weight excluding hydrogens is 210 g/mol. The van der Waals surface area contributed by atoms with Gasteiger partial charge in [-0.2, -0.15) is 11.8 Å². The van der Waals surface area contributed by atoms with Crippen LogP contribution in [0, 0.1) is 0 Å². The third-order valence-electron chi connectivity index (χ3n) is 1.86. The minimum atomic E-state index is 0.954. The first-order chi connectivity index (χ1) is 6.86. The summed E-state index contributed by atoms with van der Waals surface area (Å²) in [4.78, 5) is 1.37. The zero-order valence-electron chi connectivity index (χ0n) is 8.75. The summed E-state index contributed by atoms with van der Waals surface area (Å²) >= 11 is 3.83. The SMILES string of the molecule is CNCc1ccc(SCCSC)cc1. The fourth-order valence-corrected chi connectivity index (χ4v) is 2.71. The third-order valence-corrected chi connectivity index (χ3v) is 3.74. The van der Waals surface area contributed by atoms with Crippen molar-refractivity contribution in [2.75, 3.05) is 24.8 Å². The van der Waals surface area contributed by atoms with Crippen molar-refractivity contribution in [3.05, 3.63) is 29.8 Å². The zero-order valence-corrected chi connectivity index (χ0v) is 10.4. The number of hydrogen-bond acceptors (Lipinski definition) is 3. The fraction of sp³-hybridized carbons (Fsp3) is 0.455. The van der Waals surface area contributed by atoms with Crippen LogP contribution in [0.4, 0.5) is 0 Å². The lowest BCUT2D eigenvalue weighted by molar-refractivity contribution is 0.817. The molecule has 1 rings (SSSR count). The molecule has 1 nitrogen and oxygen atoms in total. The summed E-state index contributed by atoms with van der Waals surface area (Å²) in [6, 6.07) is 8.80. The van der Waals surface area contributed by atoms with Crippen LogP contribution in [0.25, 0.3) is 0 Å². The van der Waals surface area contributed by atoms with Gasteiger partial charge in [0.2, 0.25) is 0 Å². The van der Waals surface area contributed by atoms with Crippen molar-refractivity contribution in [3.63, 3.8) is 0 Å². The van der Waals surface area contributed by atoms with E-state index in [0.717, 1.165) is 6.54 Å². The van der Waals surface area contributed by atoms with Crippen LogP contribution in [0.1, 0.15) is 5.56 Å². The van der Waals surface area contributed by atoms with E-state index in [1.807, 2.05) is 30.6 Å². The van der Waals surface area contributed by atoms with Crippen LogP contribution in [-0.2, 0) is 6.54 Å². The molecule has 14 heavy (non-hydrogen) atoms. The average Bonchev–Trinajstić information content (AvgIpc) is 2.21. The lowest BCUT2D eigenvalue weighted by Crippen LogP contribution is -2.04. The van der Waals surface area contributed by atoms with Gasteiger partial charge in [-0.3, -0.25) is 0 Å². The van der Waals surface area contributed by atoms with Gasteiger partial charge in [-0.05, 0) is 31.0 Å². The van der Waals surface area contributed by atoms with Crippen molar-refractivity contribution in [1.82, 2.24) is 5.32 Å². The first-order valence-corrected chi connectivity index (χ1v) is 7.10. The molecule has 1 aromatic carbocycles. The van der Waals surface area contributed by atoms with Gasteiger partial charge in [0.25, 0.3) is 0 Å². The molecule has 0 unspecified atom stereocenters. The Hall–Kier alpha value is -0.120. The third kappa shape index (κ3) is 4.40. The van der Waals surface area contributed by atoms with E-state index in [1.165, 1.54) is 22.0 Å². The molecule has 0 saturated heterocycles. The van der Waals surface area contributed by atoms with E-state index in [-0.39, 0.29) is 0 Å². The maximum absolute atomic E-state index is 3.15. The second kappa shape index (κ2) is 7.21. The van der Waals surface area contributed by atoms with Gasteiger partial charge in [0, 0.05) is 22.9 Å². The molecule has 0 radical (unpaired) electrons. The Balaban J connectivity index is 2.38. The monoisotopic (exact) mass is 227 g/mol. The highest BCUT2D eigenvalue weighted by atomic mass is 32.2. The van der Waals surface area contributed by atoms with Gasteiger partial charge >= 0.3 is 0 Å². The van der Waals surface area contributed by atoms with E-state index in [4.69, 9.17) is 0 Å². The van der Waals surface area contributed by atoms with Crippen LogP contribution >= 0.6 is 23.5 Å². The number of hydrogen-bond donors (Lipinski definition) is 1. The van der Waals surface area contributed by atoms with E-state index < -0.39 is 0 Å². The molecule has 0 atom stereocenters. The first kappa shape index (κ1) is 12.0. The summed E-state index contributed by atoms with van der Waals surface area (Å²) in [6.45, 7) is 0.954. The lowest BCUT2D eigenvalue weighted by Gasteiger charge is -2.03. The molecule has 78 valence electrons. The normalized spacial score (nSPS) is 10.4. The van der Waals surface area contributed by atoms with Crippen LogP contribution in [0.2, 0.25) is 0 Å². The smallest absolute Gasteiger partial charge is 0.0202 e. The molecule has 0 aliphatic heterocycles. The largest absolute Gasteiger partial charge is 0.316 e. The highest BCUT2D eigenvalue weighted by molar-refractivity contribution is 8.02. The molecule has 0 fully saturated rings. The highest BCUT2D eigenvalue weighted by Crippen LogP contribution is 2.19. The molecule has 0 aliphatic carbocycles. The van der Waals surface area contributed by atoms with E-state index in [0.29, 0.717) is 0 Å². The van der Waals surface area contributed by atoms with Crippen LogP contribution in [0.5, 0.6) is 0 Å². The van der Waals surface area contributed by atoms with Crippen LogP contribution in [0.3, 0.4) is 0 Å². The molecule has 0 aromatic heterocycles. The van der Waals surface area contributed by atoms with Crippen LogP contribution in [0.15, 0.2) is 29.2 Å². The van der Waals surface area contributed by atoms with Crippen molar-refractivity contribution < 1.29 is 0 Å². The molecule has 0 spiro atoms.